The number of amides is 1. The Hall–Kier alpha value is -3.54. The molecular weight excluding hydrogens is 517 g/mol. The third kappa shape index (κ3) is 5.21. The highest BCUT2D eigenvalue weighted by Crippen LogP contribution is 2.41. The fraction of sp³-hybridized carbons (Fsp3) is 0.519. The van der Waals surface area contributed by atoms with E-state index in [-0.39, 0.29) is 41.0 Å². The van der Waals surface area contributed by atoms with Crippen LogP contribution in [-0.4, -0.2) is 68.6 Å². The predicted octanol–water partition coefficient (Wildman–Crippen LogP) is 5.36. The van der Waals surface area contributed by atoms with Crippen molar-refractivity contribution in [1.29, 1.82) is 0 Å². The Morgan fingerprint density at radius 1 is 1.08 bits per heavy atom. The number of fused-ring (bicyclic) bond motifs is 3. The lowest BCUT2D eigenvalue weighted by molar-refractivity contribution is -0.275. The van der Waals surface area contributed by atoms with Gasteiger partial charge in [0.1, 0.15) is 11.4 Å². The van der Waals surface area contributed by atoms with Crippen LogP contribution in [0.25, 0.3) is 22.4 Å². The summed E-state index contributed by atoms with van der Waals surface area (Å²) in [4.78, 5) is 25.1. The molecule has 2 bridgehead atoms. The lowest BCUT2D eigenvalue weighted by Gasteiger charge is -2.40. The van der Waals surface area contributed by atoms with Crippen molar-refractivity contribution in [3.8, 4) is 17.0 Å². The lowest BCUT2D eigenvalue weighted by Crippen LogP contribution is -2.56. The van der Waals surface area contributed by atoms with E-state index in [0.717, 1.165) is 32.9 Å². The lowest BCUT2D eigenvalue weighted by atomic mass is 10.1. The van der Waals surface area contributed by atoms with Crippen molar-refractivity contribution in [3.63, 3.8) is 0 Å². The van der Waals surface area contributed by atoms with Gasteiger partial charge >= 0.3 is 12.2 Å². The van der Waals surface area contributed by atoms with E-state index in [0.29, 0.717) is 24.3 Å². The number of rotatable bonds is 5. The molecule has 9 nitrogen and oxygen atoms in total. The van der Waals surface area contributed by atoms with Crippen molar-refractivity contribution < 1.29 is 37.0 Å². The van der Waals surface area contributed by atoms with Gasteiger partial charge in [0.2, 0.25) is 0 Å². The monoisotopic (exact) mass is 548 g/mol. The van der Waals surface area contributed by atoms with E-state index in [1.54, 1.807) is 4.90 Å². The van der Waals surface area contributed by atoms with Crippen molar-refractivity contribution in [2.45, 2.75) is 76.9 Å². The molecule has 1 amide bonds. The van der Waals surface area contributed by atoms with Gasteiger partial charge in [-0.1, -0.05) is 0 Å². The molecule has 4 heterocycles. The number of piperazine rings is 1. The van der Waals surface area contributed by atoms with Crippen molar-refractivity contribution >= 4 is 23.2 Å². The summed E-state index contributed by atoms with van der Waals surface area (Å²) in [6, 6.07) is 5.32. The molecule has 0 aliphatic carbocycles. The fourth-order valence-electron chi connectivity index (χ4n) is 4.86. The summed E-state index contributed by atoms with van der Waals surface area (Å²) in [5.41, 5.74) is -2.23. The Morgan fingerprint density at radius 3 is 2.31 bits per heavy atom. The van der Waals surface area contributed by atoms with Crippen molar-refractivity contribution in [2.75, 3.05) is 18.0 Å². The van der Waals surface area contributed by atoms with Crippen LogP contribution in [0.3, 0.4) is 0 Å². The minimum absolute atomic E-state index is 0.000492. The van der Waals surface area contributed by atoms with Gasteiger partial charge in [-0.3, -0.25) is 9.88 Å². The minimum Gasteiger partial charge on any atom is -0.444 e. The normalized spacial score (nSPS) is 20.0. The van der Waals surface area contributed by atoms with Gasteiger partial charge in [0.15, 0.2) is 22.5 Å². The number of carbonyl (C=O) groups excluding carboxylic acids is 1. The van der Waals surface area contributed by atoms with E-state index < -0.39 is 23.1 Å². The second kappa shape index (κ2) is 9.29. The Kier molecular flexibility index (Phi) is 6.44. The number of oxazole rings is 1. The molecular formula is C27H31F3N4O5. The number of nitrogens with zero attached hydrogens (tertiary/aromatic N) is 4. The largest absolute Gasteiger partial charge is 0.444 e. The van der Waals surface area contributed by atoms with Crippen LogP contribution in [0.5, 0.6) is 5.75 Å². The Balaban J connectivity index is 1.51. The summed E-state index contributed by atoms with van der Waals surface area (Å²) in [6.45, 7) is 8.14. The molecule has 2 saturated heterocycles. The maximum atomic E-state index is 14.7. The number of hydrogen-bond donors (Lipinski definition) is 1. The molecule has 2 aliphatic heterocycles. The molecule has 0 saturated carbocycles. The van der Waals surface area contributed by atoms with Gasteiger partial charge in [-0.2, -0.15) is 13.8 Å². The van der Waals surface area contributed by atoms with E-state index >= 15 is 0 Å². The first kappa shape index (κ1) is 27.0. The zero-order valence-corrected chi connectivity index (χ0v) is 22.4. The number of halogens is 3. The van der Waals surface area contributed by atoms with Gasteiger partial charge in [0, 0.05) is 18.7 Å². The SMILES string of the molecule is CC(C)(C)OC(=O)N1C2CCC1CN(c1nc3c(OC(F)(F)C(C)(C)O)ccc(-c4ccc(F)cn4)c3o1)C2. The highest BCUT2D eigenvalue weighted by atomic mass is 19.3. The van der Waals surface area contributed by atoms with Crippen LogP contribution < -0.4 is 9.64 Å². The van der Waals surface area contributed by atoms with Gasteiger partial charge in [-0.05, 0) is 71.7 Å². The topological polar surface area (TPSA) is 101 Å². The summed E-state index contributed by atoms with van der Waals surface area (Å²) < 4.78 is 59.6. The molecule has 2 aromatic heterocycles. The number of alkyl halides is 2. The smallest absolute Gasteiger partial charge is 0.426 e. The average Bonchev–Trinajstić information content (AvgIpc) is 3.38. The van der Waals surface area contributed by atoms with Gasteiger partial charge in [0.25, 0.3) is 6.01 Å². The zero-order valence-electron chi connectivity index (χ0n) is 22.4. The molecule has 12 heteroatoms. The average molecular weight is 549 g/mol. The number of aromatic nitrogens is 2. The number of aliphatic hydroxyl groups is 1. The standard InChI is InChI=1S/C27H31F3N4O5/c1-25(2,3)39-24(35)34-16-7-8-17(34)14-33(13-16)23-32-21-20(38-27(29,30)26(4,5)36)11-9-18(22(21)37-23)19-10-6-15(28)12-31-19/h6,9-12,16-17,36H,7-8,13-14H2,1-5H3. The van der Waals surface area contributed by atoms with Crippen molar-refractivity contribution in [1.82, 2.24) is 14.9 Å². The van der Waals surface area contributed by atoms with E-state index in [2.05, 4.69) is 9.97 Å². The van der Waals surface area contributed by atoms with E-state index in [9.17, 15) is 23.1 Å². The number of anilines is 1. The first-order valence-corrected chi connectivity index (χ1v) is 12.7. The molecule has 210 valence electrons. The molecule has 2 fully saturated rings. The third-order valence-corrected chi connectivity index (χ3v) is 6.81. The van der Waals surface area contributed by atoms with Crippen LogP contribution in [0.4, 0.5) is 24.0 Å². The Bertz CT molecular complexity index is 1370. The molecule has 2 aliphatic rings. The molecule has 0 spiro atoms. The van der Waals surface area contributed by atoms with Crippen LogP contribution in [0.15, 0.2) is 34.9 Å². The second-order valence-corrected chi connectivity index (χ2v) is 11.5. The molecule has 0 radical (unpaired) electrons. The fourth-order valence-corrected chi connectivity index (χ4v) is 4.86. The van der Waals surface area contributed by atoms with Gasteiger partial charge in [0.05, 0.1) is 24.0 Å². The molecule has 3 aromatic rings. The highest BCUT2D eigenvalue weighted by molar-refractivity contribution is 5.94. The summed E-state index contributed by atoms with van der Waals surface area (Å²) in [7, 11) is 0. The first-order chi connectivity index (χ1) is 18.1. The molecule has 5 rings (SSSR count). The third-order valence-electron chi connectivity index (χ3n) is 6.81. The second-order valence-electron chi connectivity index (χ2n) is 11.5. The van der Waals surface area contributed by atoms with Gasteiger partial charge in [-0.15, -0.1) is 0 Å². The molecule has 39 heavy (non-hydrogen) atoms. The van der Waals surface area contributed by atoms with Crippen LogP contribution in [0.1, 0.15) is 47.5 Å². The Labute approximate surface area is 223 Å². The van der Waals surface area contributed by atoms with E-state index in [4.69, 9.17) is 13.9 Å². The van der Waals surface area contributed by atoms with Gasteiger partial charge in [-0.25, -0.2) is 9.18 Å². The van der Waals surface area contributed by atoms with Crippen molar-refractivity contribution in [2.24, 2.45) is 0 Å². The van der Waals surface area contributed by atoms with E-state index in [1.807, 2.05) is 25.7 Å². The maximum absolute atomic E-state index is 14.7. The number of carbonyl (C=O) groups is 1. The predicted molar refractivity (Wildman–Crippen MR) is 136 cm³/mol. The number of pyridine rings is 1. The number of benzene rings is 1. The van der Waals surface area contributed by atoms with Crippen LogP contribution in [0.2, 0.25) is 0 Å². The summed E-state index contributed by atoms with van der Waals surface area (Å²) >= 11 is 0. The summed E-state index contributed by atoms with van der Waals surface area (Å²) in [5.74, 6) is -0.829. The van der Waals surface area contributed by atoms with Crippen LogP contribution in [-0.2, 0) is 4.74 Å². The zero-order chi connectivity index (χ0) is 28.3. The van der Waals surface area contributed by atoms with Gasteiger partial charge < -0.3 is 23.9 Å². The number of hydrogen-bond acceptors (Lipinski definition) is 8. The van der Waals surface area contributed by atoms with Crippen molar-refractivity contribution in [3.05, 3.63) is 36.3 Å². The molecule has 1 N–H and O–H groups in total. The van der Waals surface area contributed by atoms with Crippen LogP contribution in [0, 0.1) is 5.82 Å². The molecule has 1 aromatic carbocycles. The van der Waals surface area contributed by atoms with E-state index in [1.165, 1.54) is 24.3 Å². The molecule has 2 unspecified atom stereocenters. The maximum Gasteiger partial charge on any atom is 0.426 e. The number of ether oxygens (including phenoxy) is 2. The van der Waals surface area contributed by atoms with Crippen LogP contribution >= 0.6 is 0 Å². The highest BCUT2D eigenvalue weighted by Gasteiger charge is 2.49. The molecule has 2 atom stereocenters. The minimum atomic E-state index is -3.94. The first-order valence-electron chi connectivity index (χ1n) is 12.7. The Morgan fingerprint density at radius 2 is 1.74 bits per heavy atom. The summed E-state index contributed by atoms with van der Waals surface area (Å²) in [6.07, 6.45) is -1.72. The quantitative estimate of drug-likeness (QED) is 0.455. The summed E-state index contributed by atoms with van der Waals surface area (Å²) in [5, 5.41) is 9.94.